The molecule has 2 rings (SSSR count). The van der Waals surface area contributed by atoms with Gasteiger partial charge < -0.3 is 14.2 Å². The first-order chi connectivity index (χ1) is 13.3. The molecule has 0 radical (unpaired) electrons. The van der Waals surface area contributed by atoms with E-state index in [1.165, 1.54) is 32.4 Å². The number of nitrogens with zero attached hydrogens (tertiary/aromatic N) is 1. The maximum absolute atomic E-state index is 14.4. The minimum atomic E-state index is -1.32. The van der Waals surface area contributed by atoms with Crippen LogP contribution >= 0.6 is 0 Å². The van der Waals surface area contributed by atoms with Crippen molar-refractivity contribution in [2.75, 3.05) is 13.7 Å². The summed E-state index contributed by atoms with van der Waals surface area (Å²) in [5, 5.41) is 0. The van der Waals surface area contributed by atoms with Crippen molar-refractivity contribution in [1.82, 2.24) is 4.98 Å². The maximum Gasteiger partial charge on any atom is 0.352 e. The largest absolute Gasteiger partial charge is 0.481 e. The Hall–Kier alpha value is -2.96. The third-order valence-electron chi connectivity index (χ3n) is 4.10. The minimum Gasteiger partial charge on any atom is -0.481 e. The van der Waals surface area contributed by atoms with E-state index < -0.39 is 23.9 Å². The molecule has 2 aromatic rings. The van der Waals surface area contributed by atoms with Gasteiger partial charge in [-0.25, -0.2) is 14.2 Å². The predicted molar refractivity (Wildman–Crippen MR) is 101 cm³/mol. The van der Waals surface area contributed by atoms with E-state index in [-0.39, 0.29) is 12.5 Å². The fraction of sp³-hybridized carbons (Fsp3) is 0.381. The topological polar surface area (TPSA) is 74.7 Å². The molecular formula is C21H24FNO5. The zero-order valence-corrected chi connectivity index (χ0v) is 16.6. The molecule has 0 aliphatic heterocycles. The van der Waals surface area contributed by atoms with Crippen molar-refractivity contribution in [1.29, 1.82) is 0 Å². The van der Waals surface area contributed by atoms with Gasteiger partial charge in [-0.1, -0.05) is 13.8 Å². The lowest BCUT2D eigenvalue weighted by molar-refractivity contribution is -0.167. The number of carbonyl (C=O) groups is 2. The second-order valence-electron chi connectivity index (χ2n) is 6.44. The standard InChI is InChI=1S/C21H24FNO5/c1-6-27-21(25)20(28-13(4)24)19-16(12(2)3)10-15(22)11-17(19)14-7-8-23-18(9-14)26-5/h7-12,20H,6H2,1-5H3. The van der Waals surface area contributed by atoms with Crippen LogP contribution in [0.15, 0.2) is 30.5 Å². The number of aromatic nitrogens is 1. The van der Waals surface area contributed by atoms with E-state index in [9.17, 15) is 14.0 Å². The highest BCUT2D eigenvalue weighted by atomic mass is 19.1. The molecule has 1 aromatic heterocycles. The molecule has 0 N–H and O–H groups in total. The second kappa shape index (κ2) is 9.30. The molecule has 7 heteroatoms. The van der Waals surface area contributed by atoms with E-state index in [1.54, 1.807) is 19.1 Å². The van der Waals surface area contributed by atoms with Crippen LogP contribution in [-0.4, -0.2) is 30.6 Å². The number of rotatable bonds is 7. The van der Waals surface area contributed by atoms with Crippen molar-refractivity contribution < 1.29 is 28.2 Å². The van der Waals surface area contributed by atoms with Crippen LogP contribution in [-0.2, 0) is 19.1 Å². The average Bonchev–Trinajstić information content (AvgIpc) is 2.65. The summed E-state index contributed by atoms with van der Waals surface area (Å²) in [4.78, 5) is 28.4. The van der Waals surface area contributed by atoms with Crippen LogP contribution in [0.5, 0.6) is 5.88 Å². The molecule has 150 valence electrons. The lowest BCUT2D eigenvalue weighted by Crippen LogP contribution is -2.23. The first-order valence-corrected chi connectivity index (χ1v) is 8.96. The Labute approximate surface area is 163 Å². The number of esters is 2. The summed E-state index contributed by atoms with van der Waals surface area (Å²) in [5.74, 6) is -1.63. The van der Waals surface area contributed by atoms with Crippen LogP contribution < -0.4 is 4.74 Å². The fourth-order valence-corrected chi connectivity index (χ4v) is 2.95. The van der Waals surface area contributed by atoms with Crippen molar-refractivity contribution in [2.24, 2.45) is 0 Å². The van der Waals surface area contributed by atoms with Gasteiger partial charge in [0.1, 0.15) is 5.82 Å². The molecule has 0 aliphatic carbocycles. The summed E-state index contributed by atoms with van der Waals surface area (Å²) in [5.41, 5.74) is 1.91. The van der Waals surface area contributed by atoms with Crippen LogP contribution in [0.3, 0.4) is 0 Å². The monoisotopic (exact) mass is 389 g/mol. The lowest BCUT2D eigenvalue weighted by atomic mass is 9.87. The molecule has 1 unspecified atom stereocenters. The molecule has 1 atom stereocenters. The zero-order chi connectivity index (χ0) is 20.8. The van der Waals surface area contributed by atoms with Gasteiger partial charge >= 0.3 is 11.9 Å². The molecule has 0 fully saturated rings. The SMILES string of the molecule is CCOC(=O)C(OC(C)=O)c1c(-c2ccnc(OC)c2)cc(F)cc1C(C)C. The number of pyridine rings is 1. The lowest BCUT2D eigenvalue weighted by Gasteiger charge is -2.24. The summed E-state index contributed by atoms with van der Waals surface area (Å²) in [6.45, 7) is 6.72. The molecule has 28 heavy (non-hydrogen) atoms. The smallest absolute Gasteiger partial charge is 0.352 e. The van der Waals surface area contributed by atoms with Gasteiger partial charge in [0.15, 0.2) is 0 Å². The maximum atomic E-state index is 14.4. The van der Waals surface area contributed by atoms with Gasteiger partial charge in [-0.15, -0.1) is 0 Å². The van der Waals surface area contributed by atoms with E-state index in [2.05, 4.69) is 4.98 Å². The first kappa shape index (κ1) is 21.3. The minimum absolute atomic E-state index is 0.118. The number of halogens is 1. The van der Waals surface area contributed by atoms with Gasteiger partial charge in [0.25, 0.3) is 0 Å². The van der Waals surface area contributed by atoms with E-state index in [0.29, 0.717) is 28.1 Å². The zero-order valence-electron chi connectivity index (χ0n) is 16.6. The Bertz CT molecular complexity index is 866. The van der Waals surface area contributed by atoms with Crippen molar-refractivity contribution in [3.63, 3.8) is 0 Å². The second-order valence-corrected chi connectivity index (χ2v) is 6.44. The average molecular weight is 389 g/mol. The van der Waals surface area contributed by atoms with Crippen LogP contribution in [0.25, 0.3) is 11.1 Å². The predicted octanol–water partition coefficient (Wildman–Crippen LogP) is 4.19. The van der Waals surface area contributed by atoms with Crippen molar-refractivity contribution >= 4 is 11.9 Å². The molecular weight excluding hydrogens is 365 g/mol. The summed E-state index contributed by atoms with van der Waals surface area (Å²) in [7, 11) is 1.47. The van der Waals surface area contributed by atoms with Gasteiger partial charge in [-0.2, -0.15) is 0 Å². The third kappa shape index (κ3) is 4.85. The molecule has 0 saturated carbocycles. The van der Waals surface area contributed by atoms with Crippen LogP contribution in [0.4, 0.5) is 4.39 Å². The normalized spacial score (nSPS) is 11.8. The van der Waals surface area contributed by atoms with E-state index >= 15 is 0 Å². The molecule has 1 aromatic carbocycles. The first-order valence-electron chi connectivity index (χ1n) is 8.96. The summed E-state index contributed by atoms with van der Waals surface area (Å²) in [6.07, 6.45) is 0.202. The number of methoxy groups -OCH3 is 1. The van der Waals surface area contributed by atoms with Gasteiger partial charge in [0.2, 0.25) is 12.0 Å². The molecule has 0 spiro atoms. The Kier molecular flexibility index (Phi) is 7.09. The highest BCUT2D eigenvalue weighted by molar-refractivity contribution is 5.85. The number of hydrogen-bond acceptors (Lipinski definition) is 6. The van der Waals surface area contributed by atoms with Crippen LogP contribution in [0.2, 0.25) is 0 Å². The van der Waals surface area contributed by atoms with Crippen LogP contribution in [0, 0.1) is 5.82 Å². The van der Waals surface area contributed by atoms with Gasteiger partial charge in [-0.05, 0) is 47.7 Å². The number of carbonyl (C=O) groups excluding carboxylic acids is 2. The number of benzene rings is 1. The number of ether oxygens (including phenoxy) is 3. The molecule has 0 bridgehead atoms. The quantitative estimate of drug-likeness (QED) is 0.661. The highest BCUT2D eigenvalue weighted by Gasteiger charge is 2.32. The van der Waals surface area contributed by atoms with Gasteiger partial charge in [0.05, 0.1) is 13.7 Å². The molecule has 0 amide bonds. The Morgan fingerprint density at radius 1 is 1.21 bits per heavy atom. The van der Waals surface area contributed by atoms with Crippen molar-refractivity contribution in [2.45, 2.75) is 39.7 Å². The third-order valence-corrected chi connectivity index (χ3v) is 4.10. The summed E-state index contributed by atoms with van der Waals surface area (Å²) < 4.78 is 30.0. The van der Waals surface area contributed by atoms with Crippen molar-refractivity contribution in [3.8, 4) is 17.0 Å². The van der Waals surface area contributed by atoms with Gasteiger partial charge in [-0.3, -0.25) is 4.79 Å². The fourth-order valence-electron chi connectivity index (χ4n) is 2.95. The molecule has 1 heterocycles. The molecule has 0 saturated heterocycles. The number of hydrogen-bond donors (Lipinski definition) is 0. The molecule has 0 aliphatic rings. The van der Waals surface area contributed by atoms with Crippen molar-refractivity contribution in [3.05, 3.63) is 47.4 Å². The van der Waals surface area contributed by atoms with Crippen LogP contribution in [0.1, 0.15) is 50.8 Å². The Morgan fingerprint density at radius 2 is 1.93 bits per heavy atom. The Balaban J connectivity index is 2.80. The van der Waals surface area contributed by atoms with Gasteiger partial charge in [0, 0.05) is 24.8 Å². The van der Waals surface area contributed by atoms with E-state index in [4.69, 9.17) is 14.2 Å². The Morgan fingerprint density at radius 3 is 2.50 bits per heavy atom. The summed E-state index contributed by atoms with van der Waals surface area (Å²) in [6, 6.07) is 5.93. The highest BCUT2D eigenvalue weighted by Crippen LogP contribution is 2.38. The van der Waals surface area contributed by atoms with E-state index in [1.807, 2.05) is 13.8 Å². The van der Waals surface area contributed by atoms with E-state index in [0.717, 1.165) is 0 Å². The molecule has 6 nitrogen and oxygen atoms in total. The summed E-state index contributed by atoms with van der Waals surface area (Å²) >= 11 is 0.